The summed E-state index contributed by atoms with van der Waals surface area (Å²) in [4.78, 5) is 0. The maximum Gasteiger partial charge on any atom is 0.0621 e. The van der Waals surface area contributed by atoms with Crippen LogP contribution in [-0.2, 0) is 13.1 Å². The largest absolute Gasteiger partial charge is 0.344 e. The van der Waals surface area contributed by atoms with Crippen molar-refractivity contribution in [1.29, 1.82) is 0 Å². The average molecular weight is 197 g/mol. The van der Waals surface area contributed by atoms with E-state index in [1.807, 2.05) is 0 Å². The topological polar surface area (TPSA) is 17.0 Å². The number of nitrogens with one attached hydrogen (secondary N) is 1. The summed E-state index contributed by atoms with van der Waals surface area (Å²) in [6, 6.07) is 2.13. The summed E-state index contributed by atoms with van der Waals surface area (Å²) in [6.07, 6.45) is 2.66. The Labute approximate surface area is 82.9 Å². The smallest absolute Gasteiger partial charge is 0.0621 e. The Morgan fingerprint density at radius 1 is 1.46 bits per heavy atom. The molecule has 3 heteroatoms. The van der Waals surface area contributed by atoms with Gasteiger partial charge in [0.2, 0.25) is 0 Å². The van der Waals surface area contributed by atoms with E-state index in [4.69, 9.17) is 11.6 Å². The lowest BCUT2D eigenvalue weighted by Crippen LogP contribution is -2.28. The molecule has 1 N–H and O–H groups in total. The third-order valence-corrected chi connectivity index (χ3v) is 3.26. The first-order valence-corrected chi connectivity index (χ1v) is 5.32. The highest BCUT2D eigenvalue weighted by Gasteiger charge is 2.30. The lowest BCUT2D eigenvalue weighted by Gasteiger charge is -2.18. The molecule has 1 fully saturated rings. The van der Waals surface area contributed by atoms with E-state index >= 15 is 0 Å². The van der Waals surface area contributed by atoms with Crippen molar-refractivity contribution in [2.45, 2.75) is 31.8 Å². The van der Waals surface area contributed by atoms with E-state index in [-0.39, 0.29) is 0 Å². The van der Waals surface area contributed by atoms with Gasteiger partial charge in [0.05, 0.1) is 5.02 Å². The van der Waals surface area contributed by atoms with Crippen LogP contribution in [0.1, 0.15) is 30.1 Å². The lowest BCUT2D eigenvalue weighted by molar-refractivity contribution is 0.503. The van der Waals surface area contributed by atoms with Crippen LogP contribution in [0, 0.1) is 0 Å². The van der Waals surface area contributed by atoms with Crippen molar-refractivity contribution < 1.29 is 0 Å². The fourth-order valence-corrected chi connectivity index (χ4v) is 2.55. The molecule has 0 unspecified atom stereocenters. The van der Waals surface area contributed by atoms with Crippen LogP contribution in [0.3, 0.4) is 0 Å². The molecule has 3 rings (SSSR count). The van der Waals surface area contributed by atoms with E-state index in [9.17, 15) is 0 Å². The van der Waals surface area contributed by atoms with Crippen molar-refractivity contribution in [3.05, 3.63) is 22.5 Å². The van der Waals surface area contributed by atoms with Crippen LogP contribution in [0.25, 0.3) is 0 Å². The molecule has 0 saturated heterocycles. The molecule has 0 spiro atoms. The van der Waals surface area contributed by atoms with Crippen molar-refractivity contribution in [1.82, 2.24) is 9.88 Å². The minimum absolute atomic E-state index is 0.763. The van der Waals surface area contributed by atoms with Gasteiger partial charge in [0, 0.05) is 36.9 Å². The van der Waals surface area contributed by atoms with Crippen LogP contribution in [0.2, 0.25) is 5.02 Å². The predicted molar refractivity (Wildman–Crippen MR) is 53.1 cm³/mol. The van der Waals surface area contributed by atoms with Gasteiger partial charge in [0.15, 0.2) is 0 Å². The Kier molecular flexibility index (Phi) is 1.67. The molecule has 0 radical (unpaired) electrons. The van der Waals surface area contributed by atoms with E-state index < -0.39 is 0 Å². The number of aromatic nitrogens is 1. The second kappa shape index (κ2) is 2.76. The Morgan fingerprint density at radius 3 is 3.08 bits per heavy atom. The Morgan fingerprint density at radius 2 is 2.31 bits per heavy atom. The summed E-state index contributed by atoms with van der Waals surface area (Å²) in [5.74, 6) is 0.763. The second-order valence-corrected chi connectivity index (χ2v) is 4.38. The summed E-state index contributed by atoms with van der Waals surface area (Å²) >= 11 is 6.22. The van der Waals surface area contributed by atoms with Crippen molar-refractivity contribution in [3.63, 3.8) is 0 Å². The minimum atomic E-state index is 0.763. The third-order valence-electron chi connectivity index (χ3n) is 2.96. The zero-order valence-electron chi connectivity index (χ0n) is 7.52. The molecule has 2 heterocycles. The van der Waals surface area contributed by atoms with Gasteiger partial charge in [-0.2, -0.15) is 0 Å². The summed E-state index contributed by atoms with van der Waals surface area (Å²) < 4.78 is 2.41. The minimum Gasteiger partial charge on any atom is -0.344 e. The zero-order chi connectivity index (χ0) is 8.84. The average Bonchev–Trinajstić information content (AvgIpc) is 2.88. The fraction of sp³-hybridized carbons (Fsp3) is 0.600. The summed E-state index contributed by atoms with van der Waals surface area (Å²) in [7, 11) is 0. The molecule has 13 heavy (non-hydrogen) atoms. The number of fused-ring (bicyclic) bond motifs is 1. The van der Waals surface area contributed by atoms with Crippen molar-refractivity contribution in [3.8, 4) is 0 Å². The second-order valence-electron chi connectivity index (χ2n) is 3.97. The maximum atomic E-state index is 6.22. The van der Waals surface area contributed by atoms with Gasteiger partial charge in [-0.3, -0.25) is 0 Å². The first kappa shape index (κ1) is 7.89. The first-order valence-electron chi connectivity index (χ1n) is 4.95. The van der Waals surface area contributed by atoms with Gasteiger partial charge >= 0.3 is 0 Å². The molecule has 1 saturated carbocycles. The summed E-state index contributed by atoms with van der Waals surface area (Å²) in [5.41, 5.74) is 2.76. The molecule has 0 aromatic carbocycles. The number of hydrogen-bond donors (Lipinski definition) is 1. The van der Waals surface area contributed by atoms with E-state index in [2.05, 4.69) is 16.0 Å². The molecule has 1 aliphatic carbocycles. The van der Waals surface area contributed by atoms with Crippen LogP contribution in [0.15, 0.2) is 6.07 Å². The molecule has 1 aromatic heterocycles. The molecule has 1 aromatic rings. The van der Waals surface area contributed by atoms with Crippen LogP contribution >= 0.6 is 11.6 Å². The maximum absolute atomic E-state index is 6.22. The summed E-state index contributed by atoms with van der Waals surface area (Å²) in [6.45, 7) is 3.15. The molecular weight excluding hydrogens is 184 g/mol. The molecule has 70 valence electrons. The van der Waals surface area contributed by atoms with E-state index in [1.54, 1.807) is 0 Å². The van der Waals surface area contributed by atoms with Gasteiger partial charge in [0.25, 0.3) is 0 Å². The Bertz CT molecular complexity index is 339. The number of hydrogen-bond acceptors (Lipinski definition) is 1. The molecule has 0 atom stereocenters. The van der Waals surface area contributed by atoms with Gasteiger partial charge < -0.3 is 9.88 Å². The highest BCUT2D eigenvalue weighted by atomic mass is 35.5. The number of rotatable bonds is 1. The standard InChI is InChI=1S/C10H13ClN2/c11-9-5-8-6-12-3-4-13(8)10(9)7-1-2-7/h5,7,12H,1-4,6H2. The first-order chi connectivity index (χ1) is 6.36. The highest BCUT2D eigenvalue weighted by molar-refractivity contribution is 6.31. The zero-order valence-corrected chi connectivity index (χ0v) is 8.27. The van der Waals surface area contributed by atoms with Crippen LogP contribution < -0.4 is 5.32 Å². The highest BCUT2D eigenvalue weighted by Crippen LogP contribution is 2.44. The van der Waals surface area contributed by atoms with Crippen molar-refractivity contribution >= 4 is 11.6 Å². The number of nitrogens with zero attached hydrogens (tertiary/aromatic N) is 1. The van der Waals surface area contributed by atoms with E-state index in [0.717, 1.165) is 30.6 Å². The Balaban J connectivity index is 2.10. The van der Waals surface area contributed by atoms with Gasteiger partial charge in [-0.05, 0) is 18.9 Å². The predicted octanol–water partition coefficient (Wildman–Crippen LogP) is 2.12. The van der Waals surface area contributed by atoms with Gasteiger partial charge in [0.1, 0.15) is 0 Å². The quantitative estimate of drug-likeness (QED) is 0.728. The van der Waals surface area contributed by atoms with Crippen LogP contribution in [-0.4, -0.2) is 11.1 Å². The molecule has 2 nitrogen and oxygen atoms in total. The normalized spacial score (nSPS) is 21.6. The SMILES string of the molecule is Clc1cc2n(c1C1CC1)CCNC2. The fourth-order valence-electron chi connectivity index (χ4n) is 2.17. The van der Waals surface area contributed by atoms with Crippen LogP contribution in [0.4, 0.5) is 0 Å². The van der Waals surface area contributed by atoms with Crippen LogP contribution in [0.5, 0.6) is 0 Å². The van der Waals surface area contributed by atoms with Gasteiger partial charge in [-0.15, -0.1) is 0 Å². The molecule has 0 amide bonds. The van der Waals surface area contributed by atoms with Gasteiger partial charge in [-0.25, -0.2) is 0 Å². The number of halogens is 1. The molecule has 2 aliphatic rings. The monoisotopic (exact) mass is 196 g/mol. The van der Waals surface area contributed by atoms with Crippen molar-refractivity contribution in [2.75, 3.05) is 6.54 Å². The molecule has 0 bridgehead atoms. The lowest BCUT2D eigenvalue weighted by atomic mass is 10.3. The van der Waals surface area contributed by atoms with E-state index in [0.29, 0.717) is 0 Å². The third kappa shape index (κ3) is 1.20. The van der Waals surface area contributed by atoms with Crippen molar-refractivity contribution in [2.24, 2.45) is 0 Å². The molecular formula is C10H13ClN2. The summed E-state index contributed by atoms with van der Waals surface area (Å²) in [5, 5.41) is 4.35. The van der Waals surface area contributed by atoms with Gasteiger partial charge in [-0.1, -0.05) is 11.6 Å². The van der Waals surface area contributed by atoms with E-state index in [1.165, 1.54) is 24.2 Å². The Hall–Kier alpha value is -0.470. The molecule has 1 aliphatic heterocycles.